The molecule has 1 aliphatic rings. The first-order chi connectivity index (χ1) is 20.3. The van der Waals surface area contributed by atoms with Crippen LogP contribution >= 0.6 is 19.3 Å². The highest BCUT2D eigenvalue weighted by Crippen LogP contribution is 2.48. The van der Waals surface area contributed by atoms with Crippen LogP contribution in [0.25, 0.3) is 10.8 Å². The van der Waals surface area contributed by atoms with E-state index in [-0.39, 0.29) is 17.8 Å². The Kier molecular flexibility index (Phi) is 10.2. The highest BCUT2D eigenvalue weighted by Gasteiger charge is 2.46. The summed E-state index contributed by atoms with van der Waals surface area (Å²) < 4.78 is 38.2. The van der Waals surface area contributed by atoms with E-state index < -0.39 is 62.0 Å². The van der Waals surface area contributed by atoms with Crippen LogP contribution in [0.1, 0.15) is 33.9 Å². The molecule has 0 radical (unpaired) electrons. The van der Waals surface area contributed by atoms with Crippen molar-refractivity contribution in [3.8, 4) is 17.0 Å². The average molecular weight is 634 g/mol. The lowest BCUT2D eigenvalue weighted by Gasteiger charge is -2.26. The van der Waals surface area contributed by atoms with Gasteiger partial charge in [0.1, 0.15) is 24.0 Å². The Balaban J connectivity index is 1.59. The number of rotatable bonds is 10. The van der Waals surface area contributed by atoms with E-state index in [1.165, 1.54) is 13.1 Å². The van der Waals surface area contributed by atoms with E-state index in [0.29, 0.717) is 5.39 Å². The van der Waals surface area contributed by atoms with Crippen LogP contribution in [0.5, 0.6) is 5.75 Å². The Bertz CT molecular complexity index is 1680. The number of hydrogen-bond donors (Lipinski definition) is 3. The van der Waals surface area contributed by atoms with Gasteiger partial charge in [-0.2, -0.15) is 5.09 Å². The minimum Gasteiger partial charge on any atom is -0.464 e. The number of nitrogens with one attached hydrogen (secondary N) is 2. The number of aromatic amines is 1. The highest BCUT2D eigenvalue weighted by molar-refractivity contribution is 7.52. The van der Waals surface area contributed by atoms with Gasteiger partial charge in [0.25, 0.3) is 5.56 Å². The number of aromatic nitrogens is 2. The van der Waals surface area contributed by atoms with E-state index >= 15 is 0 Å². The summed E-state index contributed by atoms with van der Waals surface area (Å²) in [6.07, 6.45) is -2.47. The molecule has 4 rings (SSSR count). The lowest BCUT2D eigenvalue weighted by atomic mass is 9.99. The maximum atomic E-state index is 14.2. The summed E-state index contributed by atoms with van der Waals surface area (Å²) in [6.45, 7) is 6.79. The number of hydrogen-bond acceptors (Lipinski definition) is 9. The van der Waals surface area contributed by atoms with Crippen molar-refractivity contribution in [2.24, 2.45) is 11.3 Å². The number of ether oxygens (including phenoxy) is 2. The molecule has 1 saturated heterocycles. The van der Waals surface area contributed by atoms with E-state index in [9.17, 15) is 24.1 Å². The van der Waals surface area contributed by atoms with Crippen molar-refractivity contribution in [3.05, 3.63) is 75.6 Å². The van der Waals surface area contributed by atoms with Gasteiger partial charge in [-0.05, 0) is 35.4 Å². The molecular formula is C29H33ClN3O9P. The van der Waals surface area contributed by atoms with Gasteiger partial charge in [-0.1, -0.05) is 63.1 Å². The van der Waals surface area contributed by atoms with Crippen molar-refractivity contribution in [2.75, 3.05) is 13.2 Å². The largest absolute Gasteiger partial charge is 0.464 e. The molecule has 1 fully saturated rings. The summed E-state index contributed by atoms with van der Waals surface area (Å²) in [5.41, 5.74) is -1.70. The van der Waals surface area contributed by atoms with Gasteiger partial charge in [-0.3, -0.25) is 23.7 Å². The number of H-pyrrole nitrogens is 1. The molecule has 6 unspecified atom stereocenters. The fraction of sp³-hybridized carbons (Fsp3) is 0.414. The van der Waals surface area contributed by atoms with E-state index in [2.05, 4.69) is 21.4 Å². The molecule has 12 nitrogen and oxygen atoms in total. The second kappa shape index (κ2) is 13.5. The molecule has 0 spiro atoms. The molecule has 6 atom stereocenters. The molecule has 230 valence electrons. The highest BCUT2D eigenvalue weighted by atomic mass is 35.5. The van der Waals surface area contributed by atoms with Crippen LogP contribution < -0.4 is 20.9 Å². The van der Waals surface area contributed by atoms with Crippen molar-refractivity contribution in [1.29, 1.82) is 0 Å². The van der Waals surface area contributed by atoms with Gasteiger partial charge in [0.15, 0.2) is 6.23 Å². The second-order valence-corrected chi connectivity index (χ2v) is 13.1. The quantitative estimate of drug-likeness (QED) is 0.171. The summed E-state index contributed by atoms with van der Waals surface area (Å²) in [7, 11) is -4.36. The fourth-order valence-electron chi connectivity index (χ4n) is 4.34. The third-order valence-electron chi connectivity index (χ3n) is 6.45. The summed E-state index contributed by atoms with van der Waals surface area (Å²) in [5, 5.41) is 17.3. The molecule has 3 N–H and O–H groups in total. The minimum atomic E-state index is -4.36. The van der Waals surface area contributed by atoms with Gasteiger partial charge in [-0.15, -0.1) is 0 Å². The topological polar surface area (TPSA) is 158 Å². The van der Waals surface area contributed by atoms with E-state index in [0.717, 1.165) is 16.0 Å². The predicted octanol–water partition coefficient (Wildman–Crippen LogP) is 3.54. The molecule has 1 aromatic heterocycles. The molecule has 3 aromatic rings. The summed E-state index contributed by atoms with van der Waals surface area (Å²) in [4.78, 5) is 38.8. The number of esters is 1. The first-order valence-electron chi connectivity index (χ1n) is 13.4. The zero-order chi connectivity index (χ0) is 31.4. The molecule has 43 heavy (non-hydrogen) atoms. The van der Waals surface area contributed by atoms with Gasteiger partial charge in [-0.25, -0.2) is 9.36 Å². The Labute approximate surface area is 252 Å². The SMILES string of the molecule is CC(NP(=O)(OCC1OC(n2ccc(=O)[nH]c2=O)C(C#CCl)C1O)Oc1cccc2ccccc12)C(=O)OCC(C)(C)C. The number of carbonyl (C=O) groups is 1. The average Bonchev–Trinajstić information content (AvgIpc) is 3.25. The van der Waals surface area contributed by atoms with Crippen molar-refractivity contribution in [2.45, 2.75) is 52.2 Å². The number of fused-ring (bicyclic) bond motifs is 1. The maximum Gasteiger partial charge on any atom is 0.459 e. The summed E-state index contributed by atoms with van der Waals surface area (Å²) in [6, 6.07) is 12.5. The van der Waals surface area contributed by atoms with E-state index in [1.807, 2.05) is 39.0 Å². The second-order valence-electron chi connectivity index (χ2n) is 11.2. The number of carbonyl (C=O) groups excluding carboxylic acids is 1. The molecule has 0 saturated carbocycles. The molecule has 2 aromatic carbocycles. The monoisotopic (exact) mass is 633 g/mol. The number of halogens is 1. The van der Waals surface area contributed by atoms with Crippen LogP contribution in [0.3, 0.4) is 0 Å². The fourth-order valence-corrected chi connectivity index (χ4v) is 5.98. The van der Waals surface area contributed by atoms with Crippen LogP contribution in [0.2, 0.25) is 0 Å². The van der Waals surface area contributed by atoms with Gasteiger partial charge in [0.05, 0.1) is 19.1 Å². The van der Waals surface area contributed by atoms with Crippen molar-refractivity contribution >= 4 is 36.1 Å². The third-order valence-corrected chi connectivity index (χ3v) is 8.19. The number of aliphatic hydroxyl groups excluding tert-OH is 1. The van der Waals surface area contributed by atoms with Crippen molar-refractivity contribution < 1.29 is 33.0 Å². The Morgan fingerprint density at radius 2 is 1.93 bits per heavy atom. The summed E-state index contributed by atoms with van der Waals surface area (Å²) in [5.74, 6) is 1.14. The first-order valence-corrected chi connectivity index (χ1v) is 15.3. The standard InChI is InChI=1S/C29H33ClN3O9P/c1-18(27(36)39-17-29(2,3)4)32-43(38,42-22-11-7-9-19-8-5-6-10-20(19)22)40-16-23-25(35)21(12-14-30)26(41-23)33-15-13-24(34)31-28(33)37/h5-11,13,15,18,21,23,25-26,35H,16-17H2,1-4H3,(H,32,38)(H,31,34,37). The normalized spacial score (nSPS) is 22.3. The molecule has 2 heterocycles. The van der Waals surface area contributed by atoms with Gasteiger partial charge in [0, 0.05) is 23.0 Å². The summed E-state index contributed by atoms with van der Waals surface area (Å²) >= 11 is 5.62. The number of benzene rings is 2. The van der Waals surface area contributed by atoms with Crippen LogP contribution in [0, 0.1) is 22.6 Å². The molecule has 0 amide bonds. The Morgan fingerprint density at radius 1 is 1.21 bits per heavy atom. The maximum absolute atomic E-state index is 14.2. The van der Waals surface area contributed by atoms with Gasteiger partial charge in [0.2, 0.25) is 0 Å². The van der Waals surface area contributed by atoms with Crippen molar-refractivity contribution in [3.63, 3.8) is 0 Å². The van der Waals surface area contributed by atoms with Crippen LogP contribution in [0.15, 0.2) is 64.3 Å². The molecular weight excluding hydrogens is 601 g/mol. The minimum absolute atomic E-state index is 0.129. The zero-order valence-corrected chi connectivity index (χ0v) is 25.6. The van der Waals surface area contributed by atoms with E-state index in [4.69, 9.17) is 30.1 Å². The lowest BCUT2D eigenvalue weighted by molar-refractivity contribution is -0.148. The molecule has 0 aliphatic carbocycles. The van der Waals surface area contributed by atoms with Gasteiger partial charge >= 0.3 is 19.4 Å². The molecule has 14 heteroatoms. The molecule has 0 bridgehead atoms. The lowest BCUT2D eigenvalue weighted by Crippen LogP contribution is -2.37. The predicted molar refractivity (Wildman–Crippen MR) is 160 cm³/mol. The first kappa shape index (κ1) is 32.5. The Hall–Kier alpha value is -3.43. The smallest absolute Gasteiger partial charge is 0.459 e. The van der Waals surface area contributed by atoms with Crippen LogP contribution in [-0.4, -0.2) is 52.1 Å². The van der Waals surface area contributed by atoms with Crippen molar-refractivity contribution in [1.82, 2.24) is 14.6 Å². The van der Waals surface area contributed by atoms with Crippen LogP contribution in [0.4, 0.5) is 0 Å². The number of aliphatic hydroxyl groups is 1. The third kappa shape index (κ3) is 8.15. The Morgan fingerprint density at radius 3 is 2.63 bits per heavy atom. The van der Waals surface area contributed by atoms with E-state index in [1.54, 1.807) is 24.3 Å². The van der Waals surface area contributed by atoms with Gasteiger partial charge < -0.3 is 19.1 Å². The number of nitrogens with zero attached hydrogens (tertiary/aromatic N) is 1. The molecule has 1 aliphatic heterocycles. The van der Waals surface area contributed by atoms with Crippen LogP contribution in [-0.2, 0) is 23.4 Å². The zero-order valence-electron chi connectivity index (χ0n) is 24.0.